The molecule has 3 aromatic rings. The van der Waals surface area contributed by atoms with Crippen molar-refractivity contribution in [2.75, 3.05) is 18.0 Å². The quantitative estimate of drug-likeness (QED) is 0.691. The number of nitrogens with zero attached hydrogens (tertiary/aromatic N) is 2. The number of rotatable bonds is 3. The largest absolute Gasteiger partial charge is 0.370 e. The molecule has 134 valence electrons. The van der Waals surface area contributed by atoms with Crippen LogP contribution in [0, 0.1) is 6.92 Å². The van der Waals surface area contributed by atoms with Crippen LogP contribution in [-0.4, -0.2) is 26.5 Å². The molecular formula is C21H22N2O2S. The van der Waals surface area contributed by atoms with Crippen molar-refractivity contribution in [3.05, 3.63) is 60.3 Å². The third kappa shape index (κ3) is 2.97. The van der Waals surface area contributed by atoms with Crippen LogP contribution in [0.5, 0.6) is 0 Å². The smallest absolute Gasteiger partial charge is 0.210 e. The second-order valence-corrected chi connectivity index (χ2v) is 8.77. The fourth-order valence-corrected chi connectivity index (χ4v) is 5.03. The average molecular weight is 366 g/mol. The van der Waals surface area contributed by atoms with E-state index < -0.39 is 9.84 Å². The second kappa shape index (κ2) is 6.72. The van der Waals surface area contributed by atoms with E-state index in [1.165, 1.54) is 12.6 Å². The van der Waals surface area contributed by atoms with Crippen molar-refractivity contribution in [2.45, 2.75) is 36.0 Å². The fraction of sp³-hybridized carbons (Fsp3) is 0.286. The normalized spacial score (nSPS) is 15.3. The van der Waals surface area contributed by atoms with Crippen LogP contribution >= 0.6 is 0 Å². The van der Waals surface area contributed by atoms with Gasteiger partial charge in [0.25, 0.3) is 0 Å². The van der Waals surface area contributed by atoms with Crippen molar-refractivity contribution in [1.29, 1.82) is 0 Å². The van der Waals surface area contributed by atoms with Gasteiger partial charge in [-0.25, -0.2) is 8.42 Å². The van der Waals surface area contributed by atoms with E-state index in [1.807, 2.05) is 43.3 Å². The van der Waals surface area contributed by atoms with E-state index in [0.717, 1.165) is 48.1 Å². The van der Waals surface area contributed by atoms with Gasteiger partial charge in [-0.3, -0.25) is 4.98 Å². The number of sulfone groups is 1. The minimum absolute atomic E-state index is 0.307. The van der Waals surface area contributed by atoms with E-state index >= 15 is 0 Å². The van der Waals surface area contributed by atoms with Crippen molar-refractivity contribution < 1.29 is 8.42 Å². The van der Waals surface area contributed by atoms with Gasteiger partial charge < -0.3 is 4.90 Å². The van der Waals surface area contributed by atoms with Gasteiger partial charge in [-0.05, 0) is 44.4 Å². The lowest BCUT2D eigenvalue weighted by atomic mass is 10.1. The first-order valence-electron chi connectivity index (χ1n) is 9.02. The molecule has 0 saturated carbocycles. The topological polar surface area (TPSA) is 50.3 Å². The van der Waals surface area contributed by atoms with Crippen LogP contribution in [0.2, 0.25) is 0 Å². The number of piperidine rings is 1. The molecule has 0 amide bonds. The Morgan fingerprint density at radius 2 is 1.62 bits per heavy atom. The van der Waals surface area contributed by atoms with E-state index in [-0.39, 0.29) is 0 Å². The Balaban J connectivity index is 1.95. The minimum atomic E-state index is -3.63. The summed E-state index contributed by atoms with van der Waals surface area (Å²) in [6, 6.07) is 14.8. The van der Waals surface area contributed by atoms with Crippen LogP contribution in [0.1, 0.15) is 24.8 Å². The van der Waals surface area contributed by atoms with Crippen LogP contribution < -0.4 is 4.90 Å². The highest BCUT2D eigenvalue weighted by Gasteiger charge is 2.27. The molecule has 1 fully saturated rings. The predicted octanol–water partition coefficient (Wildman–Crippen LogP) is 4.37. The second-order valence-electron chi connectivity index (χ2n) is 6.85. The SMILES string of the molecule is Cc1ccc(S(=O)(=O)c2cnc3ccccc3c2N2CCCCC2)cc1. The Labute approximate surface area is 154 Å². The van der Waals surface area contributed by atoms with Gasteiger partial charge in [0.15, 0.2) is 0 Å². The monoisotopic (exact) mass is 366 g/mol. The highest BCUT2D eigenvalue weighted by Crippen LogP contribution is 2.36. The van der Waals surface area contributed by atoms with Gasteiger partial charge in [-0.1, -0.05) is 35.9 Å². The number of hydrogen-bond donors (Lipinski definition) is 0. The van der Waals surface area contributed by atoms with Crippen molar-refractivity contribution in [3.8, 4) is 0 Å². The third-order valence-corrected chi connectivity index (χ3v) is 6.78. The van der Waals surface area contributed by atoms with Crippen LogP contribution in [-0.2, 0) is 9.84 Å². The molecule has 0 N–H and O–H groups in total. The third-order valence-electron chi connectivity index (χ3n) is 5.01. The highest BCUT2D eigenvalue weighted by molar-refractivity contribution is 7.91. The van der Waals surface area contributed by atoms with Crippen LogP contribution in [0.3, 0.4) is 0 Å². The Hall–Kier alpha value is -2.40. The van der Waals surface area contributed by atoms with Gasteiger partial charge in [0.1, 0.15) is 4.90 Å². The van der Waals surface area contributed by atoms with E-state index in [4.69, 9.17) is 0 Å². The molecule has 0 spiro atoms. The maximum atomic E-state index is 13.4. The van der Waals surface area contributed by atoms with Crippen molar-refractivity contribution in [2.24, 2.45) is 0 Å². The van der Waals surface area contributed by atoms with E-state index in [2.05, 4.69) is 9.88 Å². The molecule has 1 saturated heterocycles. The molecule has 0 unspecified atom stereocenters. The van der Waals surface area contributed by atoms with Crippen LogP contribution in [0.25, 0.3) is 10.9 Å². The molecule has 0 bridgehead atoms. The van der Waals surface area contributed by atoms with E-state index in [0.29, 0.717) is 9.79 Å². The summed E-state index contributed by atoms with van der Waals surface area (Å²) in [5, 5.41) is 0.905. The molecule has 1 aromatic heterocycles. The van der Waals surface area contributed by atoms with Gasteiger partial charge in [0.05, 0.1) is 16.1 Å². The molecule has 4 rings (SSSR count). The molecule has 26 heavy (non-hydrogen) atoms. The number of benzene rings is 2. The summed E-state index contributed by atoms with van der Waals surface area (Å²) in [6.07, 6.45) is 4.89. The zero-order valence-electron chi connectivity index (χ0n) is 14.9. The lowest BCUT2D eigenvalue weighted by Crippen LogP contribution is -2.31. The van der Waals surface area contributed by atoms with Gasteiger partial charge in [-0.2, -0.15) is 0 Å². The van der Waals surface area contributed by atoms with E-state index in [1.54, 1.807) is 12.1 Å². The summed E-state index contributed by atoms with van der Waals surface area (Å²) in [5.74, 6) is 0. The van der Waals surface area contributed by atoms with Gasteiger partial charge in [0, 0.05) is 24.7 Å². The Bertz CT molecular complexity index is 1040. The number of pyridine rings is 1. The van der Waals surface area contributed by atoms with Gasteiger partial charge in [0.2, 0.25) is 9.84 Å². The number of aromatic nitrogens is 1. The molecule has 0 aliphatic carbocycles. The predicted molar refractivity (Wildman–Crippen MR) is 104 cm³/mol. The first-order chi connectivity index (χ1) is 12.6. The average Bonchev–Trinajstić information content (AvgIpc) is 2.68. The van der Waals surface area contributed by atoms with Crippen LogP contribution in [0.4, 0.5) is 5.69 Å². The Morgan fingerprint density at radius 1 is 0.923 bits per heavy atom. The molecule has 5 heteroatoms. The minimum Gasteiger partial charge on any atom is -0.370 e. The number of para-hydroxylation sites is 1. The lowest BCUT2D eigenvalue weighted by Gasteiger charge is -2.31. The van der Waals surface area contributed by atoms with Gasteiger partial charge >= 0.3 is 0 Å². The Kier molecular flexibility index (Phi) is 4.41. The molecule has 0 atom stereocenters. The molecule has 1 aliphatic heterocycles. The Morgan fingerprint density at radius 3 is 2.35 bits per heavy atom. The van der Waals surface area contributed by atoms with E-state index in [9.17, 15) is 8.42 Å². The van der Waals surface area contributed by atoms with Crippen molar-refractivity contribution in [1.82, 2.24) is 4.98 Å². The standard InChI is InChI=1S/C21H22N2O2S/c1-16-9-11-17(12-10-16)26(24,25)20-15-22-19-8-4-3-7-18(19)21(20)23-13-5-2-6-14-23/h3-4,7-12,15H,2,5-6,13-14H2,1H3. The molecular weight excluding hydrogens is 344 g/mol. The zero-order valence-corrected chi connectivity index (χ0v) is 15.7. The molecule has 0 radical (unpaired) electrons. The summed E-state index contributed by atoms with van der Waals surface area (Å²) < 4.78 is 26.8. The number of hydrogen-bond acceptors (Lipinski definition) is 4. The lowest BCUT2D eigenvalue weighted by molar-refractivity contribution is 0.572. The molecule has 1 aliphatic rings. The molecule has 4 nitrogen and oxygen atoms in total. The number of aryl methyl sites for hydroxylation is 1. The number of fused-ring (bicyclic) bond motifs is 1. The summed E-state index contributed by atoms with van der Waals surface area (Å²) in [7, 11) is -3.63. The molecule has 2 aromatic carbocycles. The first-order valence-corrected chi connectivity index (χ1v) is 10.5. The summed E-state index contributed by atoms with van der Waals surface area (Å²) in [4.78, 5) is 7.28. The first kappa shape index (κ1) is 17.0. The van der Waals surface area contributed by atoms with Crippen molar-refractivity contribution >= 4 is 26.4 Å². The maximum absolute atomic E-state index is 13.4. The molecule has 2 heterocycles. The fourth-order valence-electron chi connectivity index (χ4n) is 3.59. The van der Waals surface area contributed by atoms with Gasteiger partial charge in [-0.15, -0.1) is 0 Å². The van der Waals surface area contributed by atoms with Crippen LogP contribution in [0.15, 0.2) is 64.5 Å². The number of anilines is 1. The van der Waals surface area contributed by atoms with Crippen molar-refractivity contribution in [3.63, 3.8) is 0 Å². The highest BCUT2D eigenvalue weighted by atomic mass is 32.2. The maximum Gasteiger partial charge on any atom is 0.210 e. The summed E-state index contributed by atoms with van der Waals surface area (Å²) >= 11 is 0. The summed E-state index contributed by atoms with van der Waals surface area (Å²) in [5.41, 5.74) is 2.67. The zero-order chi connectivity index (χ0) is 18.1. The summed E-state index contributed by atoms with van der Waals surface area (Å²) in [6.45, 7) is 3.71.